The summed E-state index contributed by atoms with van der Waals surface area (Å²) in [7, 11) is 0. The van der Waals surface area contributed by atoms with Crippen molar-refractivity contribution in [3.8, 4) is 5.82 Å². The standard InChI is InChI=1S/C14H15N3O2/c1-9-10(2)16-17(11(9)3)13-6-4-12(8-15-13)5-7-14(18)19/h4-8H,1-3H3,(H,18,19)/b7-5+. The van der Waals surface area contributed by atoms with Gasteiger partial charge in [0.1, 0.15) is 0 Å². The number of hydrogen-bond acceptors (Lipinski definition) is 3. The quantitative estimate of drug-likeness (QED) is 0.856. The zero-order valence-electron chi connectivity index (χ0n) is 11.1. The maximum absolute atomic E-state index is 10.4. The fourth-order valence-electron chi connectivity index (χ4n) is 1.73. The molecule has 0 saturated carbocycles. The molecule has 2 aromatic rings. The van der Waals surface area contributed by atoms with E-state index in [1.54, 1.807) is 10.9 Å². The largest absolute Gasteiger partial charge is 0.478 e. The molecular formula is C14H15N3O2. The molecule has 0 aliphatic rings. The minimum Gasteiger partial charge on any atom is -0.478 e. The van der Waals surface area contributed by atoms with Gasteiger partial charge in [0.15, 0.2) is 5.82 Å². The average molecular weight is 257 g/mol. The Bertz CT molecular complexity index is 639. The fourth-order valence-corrected chi connectivity index (χ4v) is 1.73. The highest BCUT2D eigenvalue weighted by molar-refractivity contribution is 5.85. The van der Waals surface area contributed by atoms with Gasteiger partial charge in [0.2, 0.25) is 0 Å². The predicted molar refractivity (Wildman–Crippen MR) is 72.2 cm³/mol. The number of aromatic nitrogens is 3. The molecule has 5 nitrogen and oxygen atoms in total. The highest BCUT2D eigenvalue weighted by Crippen LogP contribution is 2.15. The number of hydrogen-bond donors (Lipinski definition) is 1. The zero-order chi connectivity index (χ0) is 14.0. The molecule has 0 atom stereocenters. The van der Waals surface area contributed by atoms with E-state index in [2.05, 4.69) is 10.1 Å². The van der Waals surface area contributed by atoms with Crippen molar-refractivity contribution in [3.05, 3.63) is 46.9 Å². The van der Waals surface area contributed by atoms with E-state index in [1.807, 2.05) is 32.9 Å². The van der Waals surface area contributed by atoms with Crippen molar-refractivity contribution < 1.29 is 9.90 Å². The molecule has 0 saturated heterocycles. The first kappa shape index (κ1) is 13.0. The van der Waals surface area contributed by atoms with E-state index in [1.165, 1.54) is 6.08 Å². The van der Waals surface area contributed by atoms with Crippen molar-refractivity contribution in [2.45, 2.75) is 20.8 Å². The molecule has 2 heterocycles. The molecule has 0 unspecified atom stereocenters. The van der Waals surface area contributed by atoms with Gasteiger partial charge in [-0.15, -0.1) is 0 Å². The molecule has 0 radical (unpaired) electrons. The Morgan fingerprint density at radius 3 is 2.53 bits per heavy atom. The monoisotopic (exact) mass is 257 g/mol. The van der Waals surface area contributed by atoms with Crippen LogP contribution in [-0.2, 0) is 4.79 Å². The van der Waals surface area contributed by atoms with Gasteiger partial charge in [0.05, 0.1) is 5.69 Å². The minimum absolute atomic E-state index is 0.723. The number of nitrogens with zero attached hydrogens (tertiary/aromatic N) is 3. The molecular weight excluding hydrogens is 242 g/mol. The number of aliphatic carboxylic acids is 1. The number of carboxylic acids is 1. The number of rotatable bonds is 3. The molecule has 0 aliphatic heterocycles. The van der Waals surface area contributed by atoms with E-state index in [0.717, 1.165) is 34.4 Å². The van der Waals surface area contributed by atoms with Crippen molar-refractivity contribution in [3.63, 3.8) is 0 Å². The lowest BCUT2D eigenvalue weighted by Crippen LogP contribution is -2.01. The van der Waals surface area contributed by atoms with Gasteiger partial charge in [0, 0.05) is 18.0 Å². The van der Waals surface area contributed by atoms with E-state index in [0.29, 0.717) is 0 Å². The molecule has 0 aromatic carbocycles. The summed E-state index contributed by atoms with van der Waals surface area (Å²) in [6, 6.07) is 3.63. The van der Waals surface area contributed by atoms with Crippen molar-refractivity contribution in [2.75, 3.05) is 0 Å². The van der Waals surface area contributed by atoms with Crippen LogP contribution in [0.2, 0.25) is 0 Å². The zero-order valence-corrected chi connectivity index (χ0v) is 11.1. The maximum Gasteiger partial charge on any atom is 0.328 e. The molecule has 0 bridgehead atoms. The van der Waals surface area contributed by atoms with E-state index >= 15 is 0 Å². The van der Waals surface area contributed by atoms with Gasteiger partial charge in [0.25, 0.3) is 0 Å². The number of aryl methyl sites for hydroxylation is 1. The molecule has 5 heteroatoms. The van der Waals surface area contributed by atoms with E-state index in [4.69, 9.17) is 5.11 Å². The second-order valence-electron chi connectivity index (χ2n) is 4.33. The molecule has 1 N–H and O–H groups in total. The van der Waals surface area contributed by atoms with Gasteiger partial charge in [-0.05, 0) is 50.1 Å². The Kier molecular flexibility index (Phi) is 3.46. The van der Waals surface area contributed by atoms with Crippen LogP contribution in [0.4, 0.5) is 0 Å². The molecule has 2 rings (SSSR count). The third-order valence-electron chi connectivity index (χ3n) is 3.06. The van der Waals surface area contributed by atoms with Crippen LogP contribution in [0.25, 0.3) is 11.9 Å². The second-order valence-corrected chi connectivity index (χ2v) is 4.33. The van der Waals surface area contributed by atoms with Crippen LogP contribution in [0, 0.1) is 20.8 Å². The predicted octanol–water partition coefficient (Wildman–Crippen LogP) is 2.29. The highest BCUT2D eigenvalue weighted by atomic mass is 16.4. The Morgan fingerprint density at radius 1 is 1.32 bits per heavy atom. The lowest BCUT2D eigenvalue weighted by Gasteiger charge is -2.03. The van der Waals surface area contributed by atoms with Crippen molar-refractivity contribution in [1.29, 1.82) is 0 Å². The highest BCUT2D eigenvalue weighted by Gasteiger charge is 2.09. The normalized spacial score (nSPS) is 11.1. The average Bonchev–Trinajstić information content (AvgIpc) is 2.65. The summed E-state index contributed by atoms with van der Waals surface area (Å²) in [6.07, 6.45) is 4.22. The van der Waals surface area contributed by atoms with Crippen LogP contribution in [0.15, 0.2) is 24.4 Å². The molecule has 2 aromatic heterocycles. The Labute approximate surface area is 111 Å². The second kappa shape index (κ2) is 5.06. The lowest BCUT2D eigenvalue weighted by atomic mass is 10.2. The van der Waals surface area contributed by atoms with Crippen molar-refractivity contribution >= 4 is 12.0 Å². The first-order valence-electron chi connectivity index (χ1n) is 5.89. The minimum atomic E-state index is -0.974. The molecule has 0 aliphatic carbocycles. The smallest absolute Gasteiger partial charge is 0.328 e. The van der Waals surface area contributed by atoms with Gasteiger partial charge in [-0.2, -0.15) is 5.10 Å². The van der Waals surface area contributed by atoms with Gasteiger partial charge in [-0.1, -0.05) is 0 Å². The summed E-state index contributed by atoms with van der Waals surface area (Å²) in [5.41, 5.74) is 3.93. The van der Waals surface area contributed by atoms with Gasteiger partial charge < -0.3 is 5.11 Å². The fraction of sp³-hybridized carbons (Fsp3) is 0.214. The van der Waals surface area contributed by atoms with Gasteiger partial charge in [-0.3, -0.25) is 0 Å². The molecule has 19 heavy (non-hydrogen) atoms. The summed E-state index contributed by atoms with van der Waals surface area (Å²) < 4.78 is 1.79. The SMILES string of the molecule is Cc1nn(-c2ccc(/C=C/C(=O)O)cn2)c(C)c1C. The number of carboxylic acid groups (broad SMARTS) is 1. The first-order valence-corrected chi connectivity index (χ1v) is 5.89. The molecule has 0 fully saturated rings. The van der Waals surface area contributed by atoms with E-state index in [-0.39, 0.29) is 0 Å². The summed E-state index contributed by atoms with van der Waals surface area (Å²) in [6.45, 7) is 5.98. The Morgan fingerprint density at radius 2 is 2.05 bits per heavy atom. The maximum atomic E-state index is 10.4. The topological polar surface area (TPSA) is 68.0 Å². The summed E-state index contributed by atoms with van der Waals surface area (Å²) in [5.74, 6) is -0.251. The first-order chi connectivity index (χ1) is 8.99. The van der Waals surface area contributed by atoms with Gasteiger partial charge >= 0.3 is 5.97 Å². The van der Waals surface area contributed by atoms with E-state index < -0.39 is 5.97 Å². The number of carbonyl (C=O) groups is 1. The summed E-state index contributed by atoms with van der Waals surface area (Å²) in [5, 5.41) is 13.0. The third kappa shape index (κ3) is 2.70. The summed E-state index contributed by atoms with van der Waals surface area (Å²) >= 11 is 0. The van der Waals surface area contributed by atoms with Crippen LogP contribution in [-0.4, -0.2) is 25.8 Å². The van der Waals surface area contributed by atoms with Crippen molar-refractivity contribution in [2.24, 2.45) is 0 Å². The number of pyridine rings is 1. The van der Waals surface area contributed by atoms with Crippen LogP contribution in [0.5, 0.6) is 0 Å². The van der Waals surface area contributed by atoms with Crippen LogP contribution >= 0.6 is 0 Å². The van der Waals surface area contributed by atoms with Crippen LogP contribution in [0.1, 0.15) is 22.5 Å². The third-order valence-corrected chi connectivity index (χ3v) is 3.06. The van der Waals surface area contributed by atoms with Crippen molar-refractivity contribution in [1.82, 2.24) is 14.8 Å². The molecule has 0 amide bonds. The molecule has 98 valence electrons. The van der Waals surface area contributed by atoms with Crippen LogP contribution < -0.4 is 0 Å². The van der Waals surface area contributed by atoms with Crippen LogP contribution in [0.3, 0.4) is 0 Å². The lowest BCUT2D eigenvalue weighted by molar-refractivity contribution is -0.131. The Hall–Kier alpha value is -2.43. The Balaban J connectivity index is 2.32. The summed E-state index contributed by atoms with van der Waals surface area (Å²) in [4.78, 5) is 14.7. The van der Waals surface area contributed by atoms with Gasteiger partial charge in [-0.25, -0.2) is 14.5 Å². The molecule has 0 spiro atoms. The van der Waals surface area contributed by atoms with E-state index in [9.17, 15) is 4.79 Å².